The van der Waals surface area contributed by atoms with E-state index in [-0.39, 0.29) is 0 Å². The highest BCUT2D eigenvalue weighted by Crippen LogP contribution is 2.40. The highest BCUT2D eigenvalue weighted by atomic mass is 79.9. The molecule has 1 atom stereocenters. The van der Waals surface area contributed by atoms with Crippen LogP contribution in [0, 0.1) is 0 Å². The molecule has 0 aromatic heterocycles. The van der Waals surface area contributed by atoms with E-state index in [1.807, 2.05) is 24.3 Å². The van der Waals surface area contributed by atoms with Crippen LogP contribution >= 0.6 is 15.9 Å². The number of aliphatic hydroxyl groups is 1. The van der Waals surface area contributed by atoms with Crippen LogP contribution in [0.4, 0.5) is 0 Å². The molecule has 0 radical (unpaired) electrons. The molecule has 0 saturated heterocycles. The Labute approximate surface area is 133 Å². The molecule has 1 fully saturated rings. The lowest BCUT2D eigenvalue weighted by Crippen LogP contribution is -2.02. The molecular weight excluding hydrogens is 328 g/mol. The Kier molecular flexibility index (Phi) is 4.32. The van der Waals surface area contributed by atoms with Crippen molar-refractivity contribution in [3.8, 4) is 5.75 Å². The summed E-state index contributed by atoms with van der Waals surface area (Å²) in [5, 5.41) is 10.5. The van der Waals surface area contributed by atoms with Gasteiger partial charge < -0.3 is 9.84 Å². The number of aliphatic hydroxyl groups excluding tert-OH is 1. The molecule has 21 heavy (non-hydrogen) atoms. The molecule has 1 N–H and O–H groups in total. The fraction of sp³-hybridized carbons (Fsp3) is 0.333. The Morgan fingerprint density at radius 3 is 2.71 bits per heavy atom. The summed E-state index contributed by atoms with van der Waals surface area (Å²) >= 11 is 3.49. The van der Waals surface area contributed by atoms with E-state index >= 15 is 0 Å². The van der Waals surface area contributed by atoms with Crippen LogP contribution < -0.4 is 4.74 Å². The van der Waals surface area contributed by atoms with Crippen molar-refractivity contribution < 1.29 is 9.84 Å². The fourth-order valence-electron chi connectivity index (χ4n) is 2.61. The maximum absolute atomic E-state index is 10.5. The first-order valence-corrected chi connectivity index (χ1v) is 8.07. The van der Waals surface area contributed by atoms with Crippen molar-refractivity contribution in [2.75, 3.05) is 7.11 Å². The average Bonchev–Trinajstić information content (AvgIpc) is 3.32. The molecule has 1 saturated carbocycles. The maximum atomic E-state index is 10.5. The predicted octanol–water partition coefficient (Wildman–Crippen LogP) is 4.61. The molecular formula is C18H19BrO2. The molecule has 0 heterocycles. The van der Waals surface area contributed by atoms with Crippen molar-refractivity contribution in [1.82, 2.24) is 0 Å². The Bertz CT molecular complexity index is 635. The van der Waals surface area contributed by atoms with Gasteiger partial charge in [0.05, 0.1) is 17.7 Å². The third-order valence-corrected chi connectivity index (χ3v) is 4.61. The van der Waals surface area contributed by atoms with Gasteiger partial charge in [-0.05, 0) is 63.5 Å². The minimum absolute atomic E-state index is 0.469. The topological polar surface area (TPSA) is 29.5 Å². The lowest BCUT2D eigenvalue weighted by atomic mass is 9.98. The molecule has 3 heteroatoms. The number of hydrogen-bond acceptors (Lipinski definition) is 2. The number of halogens is 1. The lowest BCUT2D eigenvalue weighted by Gasteiger charge is -2.13. The second kappa shape index (κ2) is 6.20. The van der Waals surface area contributed by atoms with Gasteiger partial charge in [-0.15, -0.1) is 0 Å². The van der Waals surface area contributed by atoms with Crippen molar-refractivity contribution in [3.05, 3.63) is 63.6 Å². The summed E-state index contributed by atoms with van der Waals surface area (Å²) < 4.78 is 6.15. The predicted molar refractivity (Wildman–Crippen MR) is 87.8 cm³/mol. The van der Waals surface area contributed by atoms with Crippen LogP contribution in [0.15, 0.2) is 46.9 Å². The summed E-state index contributed by atoms with van der Waals surface area (Å²) in [6.07, 6.45) is 2.70. The van der Waals surface area contributed by atoms with E-state index in [0.29, 0.717) is 12.3 Å². The van der Waals surface area contributed by atoms with Crippen LogP contribution in [0.1, 0.15) is 41.6 Å². The first kappa shape index (κ1) is 14.6. The normalized spacial score (nSPS) is 15.8. The number of ether oxygens (including phenoxy) is 1. The van der Waals surface area contributed by atoms with Crippen LogP contribution in [-0.4, -0.2) is 12.2 Å². The zero-order valence-electron chi connectivity index (χ0n) is 12.1. The highest BCUT2D eigenvalue weighted by Gasteiger charge is 2.24. The summed E-state index contributed by atoms with van der Waals surface area (Å²) in [7, 11) is 1.65. The minimum Gasteiger partial charge on any atom is -0.496 e. The third-order valence-electron chi connectivity index (χ3n) is 3.99. The van der Waals surface area contributed by atoms with Gasteiger partial charge in [-0.2, -0.15) is 0 Å². The van der Waals surface area contributed by atoms with E-state index in [4.69, 9.17) is 4.74 Å². The van der Waals surface area contributed by atoms with Crippen molar-refractivity contribution in [3.63, 3.8) is 0 Å². The largest absolute Gasteiger partial charge is 0.496 e. The second-order valence-corrected chi connectivity index (χ2v) is 6.49. The molecule has 110 valence electrons. The van der Waals surface area contributed by atoms with E-state index in [0.717, 1.165) is 21.3 Å². The lowest BCUT2D eigenvalue weighted by molar-refractivity contribution is 0.178. The van der Waals surface area contributed by atoms with Gasteiger partial charge in [0.1, 0.15) is 5.75 Å². The Balaban J connectivity index is 1.74. The van der Waals surface area contributed by atoms with Crippen molar-refractivity contribution in [2.45, 2.75) is 31.3 Å². The van der Waals surface area contributed by atoms with Crippen LogP contribution in [0.3, 0.4) is 0 Å². The third kappa shape index (κ3) is 3.47. The molecule has 1 aliphatic rings. The van der Waals surface area contributed by atoms with E-state index in [2.05, 4.69) is 34.1 Å². The monoisotopic (exact) mass is 346 g/mol. The number of benzene rings is 2. The van der Waals surface area contributed by atoms with E-state index in [1.165, 1.54) is 18.4 Å². The minimum atomic E-state index is -0.469. The molecule has 1 unspecified atom stereocenters. The quantitative estimate of drug-likeness (QED) is 0.856. The smallest absolute Gasteiger partial charge is 0.133 e. The van der Waals surface area contributed by atoms with E-state index in [1.54, 1.807) is 7.11 Å². The van der Waals surface area contributed by atoms with Gasteiger partial charge in [-0.1, -0.05) is 30.3 Å². The van der Waals surface area contributed by atoms with Crippen LogP contribution in [-0.2, 0) is 6.42 Å². The summed E-state index contributed by atoms with van der Waals surface area (Å²) in [6.45, 7) is 0. The van der Waals surface area contributed by atoms with Gasteiger partial charge in [0.15, 0.2) is 0 Å². The van der Waals surface area contributed by atoms with Crippen molar-refractivity contribution >= 4 is 15.9 Å². The van der Waals surface area contributed by atoms with Crippen LogP contribution in [0.5, 0.6) is 5.75 Å². The highest BCUT2D eigenvalue weighted by molar-refractivity contribution is 9.10. The van der Waals surface area contributed by atoms with Crippen molar-refractivity contribution in [2.24, 2.45) is 0 Å². The van der Waals surface area contributed by atoms with Gasteiger partial charge in [0.2, 0.25) is 0 Å². The zero-order chi connectivity index (χ0) is 14.8. The molecule has 2 aromatic rings. The van der Waals surface area contributed by atoms with Gasteiger partial charge in [-0.25, -0.2) is 0 Å². The summed E-state index contributed by atoms with van der Waals surface area (Å²) in [4.78, 5) is 0. The number of methoxy groups -OCH3 is 1. The summed E-state index contributed by atoms with van der Waals surface area (Å²) in [5.74, 6) is 1.52. The van der Waals surface area contributed by atoms with Crippen LogP contribution in [0.2, 0.25) is 0 Å². The van der Waals surface area contributed by atoms with Gasteiger partial charge >= 0.3 is 0 Å². The van der Waals surface area contributed by atoms with Gasteiger partial charge in [-0.3, -0.25) is 0 Å². The molecule has 0 bridgehead atoms. The fourth-order valence-corrected chi connectivity index (χ4v) is 3.20. The Morgan fingerprint density at radius 2 is 2.05 bits per heavy atom. The molecule has 0 spiro atoms. The molecule has 0 aliphatic heterocycles. The molecule has 0 amide bonds. The number of rotatable bonds is 5. The van der Waals surface area contributed by atoms with E-state index < -0.39 is 6.10 Å². The first-order chi connectivity index (χ1) is 10.2. The maximum Gasteiger partial charge on any atom is 0.133 e. The van der Waals surface area contributed by atoms with Gasteiger partial charge in [0.25, 0.3) is 0 Å². The summed E-state index contributed by atoms with van der Waals surface area (Å²) in [5.41, 5.74) is 3.46. The Hall–Kier alpha value is -1.32. The Morgan fingerprint density at radius 1 is 1.24 bits per heavy atom. The molecule has 2 aromatic carbocycles. The van der Waals surface area contributed by atoms with E-state index in [9.17, 15) is 5.11 Å². The SMILES string of the molecule is COc1ccc(CC(O)c2cccc(C3CC3)c2)cc1Br. The van der Waals surface area contributed by atoms with Gasteiger partial charge in [0, 0.05) is 6.42 Å². The average molecular weight is 347 g/mol. The molecule has 1 aliphatic carbocycles. The summed E-state index contributed by atoms with van der Waals surface area (Å²) in [6, 6.07) is 14.3. The first-order valence-electron chi connectivity index (χ1n) is 7.27. The van der Waals surface area contributed by atoms with Crippen LogP contribution in [0.25, 0.3) is 0 Å². The second-order valence-electron chi connectivity index (χ2n) is 5.63. The standard InChI is InChI=1S/C18H19BrO2/c1-21-18-8-5-12(9-16(18)19)10-17(20)15-4-2-3-14(11-15)13-6-7-13/h2-5,8-9,11,13,17,20H,6-7,10H2,1H3. The number of hydrogen-bond donors (Lipinski definition) is 1. The molecule has 2 nitrogen and oxygen atoms in total. The molecule has 3 rings (SSSR count). The van der Waals surface area contributed by atoms with Crippen molar-refractivity contribution in [1.29, 1.82) is 0 Å². The zero-order valence-corrected chi connectivity index (χ0v) is 13.6.